The topological polar surface area (TPSA) is 85.5 Å². The zero-order chi connectivity index (χ0) is 16.8. The number of carbonyl (C=O) groups excluding carboxylic acids is 1. The lowest BCUT2D eigenvalue weighted by Gasteiger charge is -2.42. The molecule has 2 aromatic rings. The van der Waals surface area contributed by atoms with Crippen LogP contribution in [-0.4, -0.2) is 33.4 Å². The van der Waals surface area contributed by atoms with E-state index in [0.29, 0.717) is 19.6 Å². The van der Waals surface area contributed by atoms with Gasteiger partial charge in [-0.25, -0.2) is 0 Å². The van der Waals surface area contributed by atoms with Gasteiger partial charge in [-0.05, 0) is 29.9 Å². The van der Waals surface area contributed by atoms with Gasteiger partial charge in [0.2, 0.25) is 0 Å². The predicted octanol–water partition coefficient (Wildman–Crippen LogP) is 2.08. The lowest BCUT2D eigenvalue weighted by Crippen LogP contribution is -2.49. The molecule has 8 heteroatoms. The van der Waals surface area contributed by atoms with Crippen molar-refractivity contribution < 1.29 is 9.72 Å². The van der Waals surface area contributed by atoms with Crippen molar-refractivity contribution in [3.8, 4) is 0 Å². The smallest absolute Gasteiger partial charge is 0.334 e. The van der Waals surface area contributed by atoms with Gasteiger partial charge >= 0.3 is 11.2 Å². The Morgan fingerprint density at radius 3 is 2.79 bits per heavy atom. The van der Waals surface area contributed by atoms with Crippen LogP contribution in [0.4, 0.5) is 5.69 Å². The van der Waals surface area contributed by atoms with Gasteiger partial charge in [0.1, 0.15) is 0 Å². The van der Waals surface area contributed by atoms with Crippen LogP contribution in [0.25, 0.3) is 0 Å². The molecule has 0 aromatic carbocycles. The first-order chi connectivity index (χ1) is 11.5. The lowest BCUT2D eigenvalue weighted by atomic mass is 9.83. The fourth-order valence-electron chi connectivity index (χ4n) is 3.80. The second kappa shape index (κ2) is 5.55. The first-order valence-electron chi connectivity index (χ1n) is 7.75. The molecule has 124 valence electrons. The normalized spacial score (nSPS) is 22.1. The highest BCUT2D eigenvalue weighted by molar-refractivity contribution is 7.12. The van der Waals surface area contributed by atoms with Crippen molar-refractivity contribution in [2.45, 2.75) is 18.9 Å². The van der Waals surface area contributed by atoms with E-state index >= 15 is 0 Å². The summed E-state index contributed by atoms with van der Waals surface area (Å²) in [6.07, 6.45) is 0.908. The van der Waals surface area contributed by atoms with E-state index in [1.54, 1.807) is 6.07 Å². The zero-order valence-corrected chi connectivity index (χ0v) is 13.6. The van der Waals surface area contributed by atoms with Gasteiger partial charge in [0.25, 0.3) is 5.91 Å². The highest BCUT2D eigenvalue weighted by Crippen LogP contribution is 2.36. The first kappa shape index (κ1) is 15.1. The Morgan fingerprint density at radius 1 is 1.25 bits per heavy atom. The second-order valence-electron chi connectivity index (χ2n) is 6.30. The molecule has 2 aliphatic heterocycles. The molecule has 2 aromatic heterocycles. The Labute approximate surface area is 141 Å². The maximum atomic E-state index is 12.6. The molecule has 0 spiro atoms. The fourth-order valence-corrected chi connectivity index (χ4v) is 4.49. The number of pyridine rings is 1. The summed E-state index contributed by atoms with van der Waals surface area (Å²) in [6.45, 7) is 1.56. The number of nitrogens with zero attached hydrogens (tertiary/aromatic N) is 3. The molecule has 0 aliphatic carbocycles. The Bertz CT molecular complexity index is 874. The molecule has 4 rings (SSSR count). The van der Waals surface area contributed by atoms with Crippen molar-refractivity contribution in [2.75, 3.05) is 13.1 Å². The predicted molar refractivity (Wildman–Crippen MR) is 88.4 cm³/mol. The van der Waals surface area contributed by atoms with Gasteiger partial charge in [0.15, 0.2) is 0 Å². The molecule has 1 amide bonds. The summed E-state index contributed by atoms with van der Waals surface area (Å²) in [5.74, 6) is 0.229. The molecular weight excluding hydrogens is 330 g/mol. The number of rotatable bonds is 2. The number of hydrogen-bond donors (Lipinski definition) is 0. The number of likely N-dealkylation sites (tertiary alicyclic amines) is 1. The van der Waals surface area contributed by atoms with Crippen LogP contribution < -0.4 is 5.56 Å². The summed E-state index contributed by atoms with van der Waals surface area (Å²) >= 11 is 1.42. The third-order valence-electron chi connectivity index (χ3n) is 4.80. The molecule has 1 saturated heterocycles. The van der Waals surface area contributed by atoms with Crippen LogP contribution in [0.3, 0.4) is 0 Å². The van der Waals surface area contributed by atoms with Crippen molar-refractivity contribution in [1.29, 1.82) is 0 Å². The molecule has 2 atom stereocenters. The van der Waals surface area contributed by atoms with E-state index in [9.17, 15) is 19.7 Å². The third-order valence-corrected chi connectivity index (χ3v) is 5.66. The number of carbonyl (C=O) groups is 1. The van der Waals surface area contributed by atoms with Crippen molar-refractivity contribution in [2.24, 2.45) is 5.92 Å². The Morgan fingerprint density at radius 2 is 2.08 bits per heavy atom. The van der Waals surface area contributed by atoms with Crippen LogP contribution in [0.2, 0.25) is 0 Å². The Hall–Kier alpha value is -2.48. The van der Waals surface area contributed by atoms with Crippen LogP contribution in [0.15, 0.2) is 34.4 Å². The first-order valence-corrected chi connectivity index (χ1v) is 8.63. The molecule has 2 bridgehead atoms. The van der Waals surface area contributed by atoms with Crippen molar-refractivity contribution >= 4 is 22.9 Å². The van der Waals surface area contributed by atoms with Gasteiger partial charge in [0.05, 0.1) is 9.80 Å². The maximum Gasteiger partial charge on any atom is 0.334 e. The summed E-state index contributed by atoms with van der Waals surface area (Å²) in [4.78, 5) is 37.8. The highest BCUT2D eigenvalue weighted by atomic mass is 32.1. The van der Waals surface area contributed by atoms with Gasteiger partial charge in [-0.15, -0.1) is 11.3 Å². The largest absolute Gasteiger partial charge is 0.337 e. The van der Waals surface area contributed by atoms with E-state index in [4.69, 9.17) is 0 Å². The van der Waals surface area contributed by atoms with Crippen LogP contribution in [-0.2, 0) is 6.54 Å². The van der Waals surface area contributed by atoms with E-state index in [1.165, 1.54) is 22.0 Å². The number of thiophene rings is 1. The number of nitro groups is 1. The van der Waals surface area contributed by atoms with Crippen LogP contribution in [0.1, 0.15) is 27.7 Å². The van der Waals surface area contributed by atoms with Crippen LogP contribution >= 0.6 is 11.3 Å². The van der Waals surface area contributed by atoms with E-state index in [2.05, 4.69) is 0 Å². The van der Waals surface area contributed by atoms with Crippen molar-refractivity contribution in [3.05, 3.63) is 60.7 Å². The standard InChI is InChI=1S/C16H15N3O4S/c20-15-13(19(22)23)4-3-12-11-6-10(8-18(12)15)7-17(9-11)16(21)14-2-1-5-24-14/h1-5,10-11H,6-9H2/t10-,11-/m0/s1. The van der Waals surface area contributed by atoms with Gasteiger partial charge in [0, 0.05) is 37.3 Å². The molecule has 2 aliphatic rings. The van der Waals surface area contributed by atoms with Crippen LogP contribution in [0, 0.1) is 16.0 Å². The van der Waals surface area contributed by atoms with Gasteiger partial charge in [-0.1, -0.05) is 6.07 Å². The molecule has 4 heterocycles. The zero-order valence-electron chi connectivity index (χ0n) is 12.8. The van der Waals surface area contributed by atoms with E-state index < -0.39 is 10.5 Å². The number of piperidine rings is 1. The number of hydrogen-bond acceptors (Lipinski definition) is 5. The molecule has 24 heavy (non-hydrogen) atoms. The summed E-state index contributed by atoms with van der Waals surface area (Å²) in [5.41, 5.74) is -0.124. The van der Waals surface area contributed by atoms with Gasteiger partial charge in [-0.3, -0.25) is 19.7 Å². The summed E-state index contributed by atoms with van der Waals surface area (Å²) < 4.78 is 1.53. The Kier molecular flexibility index (Phi) is 3.49. The van der Waals surface area contributed by atoms with E-state index in [0.717, 1.165) is 17.0 Å². The molecule has 0 unspecified atom stereocenters. The minimum absolute atomic E-state index is 0.0254. The fraction of sp³-hybridized carbons (Fsp3) is 0.375. The second-order valence-corrected chi connectivity index (χ2v) is 7.25. The lowest BCUT2D eigenvalue weighted by molar-refractivity contribution is -0.386. The summed E-state index contributed by atoms with van der Waals surface area (Å²) in [7, 11) is 0. The summed E-state index contributed by atoms with van der Waals surface area (Å²) in [5, 5.41) is 12.8. The molecular formula is C16H15N3O4S. The summed E-state index contributed by atoms with van der Waals surface area (Å²) in [6, 6.07) is 6.63. The molecule has 7 nitrogen and oxygen atoms in total. The van der Waals surface area contributed by atoms with Crippen molar-refractivity contribution in [3.63, 3.8) is 0 Å². The minimum Gasteiger partial charge on any atom is -0.337 e. The minimum atomic E-state index is -0.632. The highest BCUT2D eigenvalue weighted by Gasteiger charge is 2.37. The van der Waals surface area contributed by atoms with E-state index in [1.807, 2.05) is 22.4 Å². The Balaban J connectivity index is 1.67. The van der Waals surface area contributed by atoms with E-state index in [-0.39, 0.29) is 23.4 Å². The van der Waals surface area contributed by atoms with Crippen molar-refractivity contribution in [1.82, 2.24) is 9.47 Å². The van der Waals surface area contributed by atoms with Crippen LogP contribution in [0.5, 0.6) is 0 Å². The SMILES string of the molecule is O=C(c1cccs1)N1C[C@@H]2C[C@@H](C1)c1ccc([N+](=O)[O-])c(=O)n1C2. The number of amides is 1. The molecule has 1 fully saturated rings. The molecule has 0 saturated carbocycles. The maximum absolute atomic E-state index is 12.6. The average Bonchev–Trinajstić information content (AvgIpc) is 3.09. The number of aromatic nitrogens is 1. The quantitative estimate of drug-likeness (QED) is 0.616. The molecule has 0 N–H and O–H groups in total. The third kappa shape index (κ3) is 2.34. The molecule has 0 radical (unpaired) electrons. The number of fused-ring (bicyclic) bond motifs is 4. The van der Waals surface area contributed by atoms with Gasteiger partial charge in [-0.2, -0.15) is 0 Å². The van der Waals surface area contributed by atoms with Gasteiger partial charge < -0.3 is 9.47 Å². The average molecular weight is 345 g/mol. The monoisotopic (exact) mass is 345 g/mol.